The number of rotatable bonds is 7. The number of benzene rings is 2. The quantitative estimate of drug-likeness (QED) is 0.113. The summed E-state index contributed by atoms with van der Waals surface area (Å²) in [4.78, 5) is 28.6. The van der Waals surface area contributed by atoms with Gasteiger partial charge in [0.05, 0.1) is 5.70 Å². The molecule has 2 amide bonds. The number of nitrogens with two attached hydrogens (primary N) is 2. The number of nitrogens with one attached hydrogen (secondary N) is 2. The van der Waals surface area contributed by atoms with Crippen molar-refractivity contribution < 1.29 is 23.0 Å². The van der Waals surface area contributed by atoms with Crippen LogP contribution in [0.25, 0.3) is 5.57 Å². The van der Waals surface area contributed by atoms with Gasteiger partial charge in [-0.15, -0.1) is 0 Å². The van der Waals surface area contributed by atoms with Gasteiger partial charge in [0, 0.05) is 39.4 Å². The number of carbonyl (C=O) groups excluding carboxylic acids is 2. The van der Waals surface area contributed by atoms with Gasteiger partial charge in [0.25, 0.3) is 11.8 Å². The van der Waals surface area contributed by atoms with E-state index in [0.29, 0.717) is 28.2 Å². The summed E-state index contributed by atoms with van der Waals surface area (Å²) in [5.74, 6) is 15.3. The molecule has 2 heterocycles. The molecule has 0 radical (unpaired) electrons. The molecule has 0 unspecified atom stereocenters. The number of nitrogens with zero attached hydrogens (tertiary/aromatic N) is 2. The third-order valence-electron chi connectivity index (χ3n) is 6.59. The summed E-state index contributed by atoms with van der Waals surface area (Å²) in [7, 11) is -2.71. The molecular weight excluding hydrogens is 541 g/mol. The topological polar surface area (TPSA) is 137 Å². The Bertz CT molecular complexity index is 1680. The van der Waals surface area contributed by atoms with Crippen molar-refractivity contribution in [3.63, 3.8) is 0 Å². The van der Waals surface area contributed by atoms with Crippen LogP contribution in [0.4, 0.5) is 8.63 Å². The van der Waals surface area contributed by atoms with Crippen molar-refractivity contribution in [1.29, 1.82) is 0 Å². The zero-order valence-electron chi connectivity index (χ0n) is 23.5. The minimum absolute atomic E-state index is 0.0488. The Balaban J connectivity index is 1.62. The molecule has 6 N–H and O–H groups in total. The lowest BCUT2D eigenvalue weighted by Gasteiger charge is -2.16. The summed E-state index contributed by atoms with van der Waals surface area (Å²) in [6.07, 6.45) is 1.93. The standard InChI is InChI=1S/C30H29BF2N6O3/c1-17-12-19(3)36-27(17)26(28-18(2)13-20(4)39(28)31(32)33)22-9-7-21(8-10-22)6-5-11-42-25-15-23(29(40)37-34)14-24(16-25)30(41)38-35/h7-10,12-16H,11,34-35H2,1-4H3,(H,37,40)(H,38,41)/b27-26-. The molecule has 0 bridgehead atoms. The van der Waals surface area contributed by atoms with Crippen LogP contribution in [0.2, 0.25) is 0 Å². The molecule has 3 aromatic rings. The largest absolute Gasteiger partial charge is 0.677 e. The van der Waals surface area contributed by atoms with Crippen LogP contribution in [0.3, 0.4) is 0 Å². The molecule has 214 valence electrons. The van der Waals surface area contributed by atoms with Gasteiger partial charge in [0.1, 0.15) is 12.4 Å². The smallest absolute Gasteiger partial charge is 0.481 e. The SMILES string of the molecule is CC1=CC(C)=N/C1=C(/c1ccc(C#CCOc2cc(C(=O)NN)cc(C(=O)NN)c2)cc1)c1c(C)cc(C)n1B(F)F. The van der Waals surface area contributed by atoms with E-state index in [-0.39, 0.29) is 23.5 Å². The molecule has 1 aliphatic heterocycles. The van der Waals surface area contributed by atoms with Gasteiger partial charge in [-0.2, -0.15) is 0 Å². The molecule has 42 heavy (non-hydrogen) atoms. The summed E-state index contributed by atoms with van der Waals surface area (Å²) in [6, 6.07) is 13.2. The first kappa shape index (κ1) is 30.0. The third-order valence-corrected chi connectivity index (χ3v) is 6.59. The number of aliphatic imine (C=N–C) groups is 1. The van der Waals surface area contributed by atoms with Crippen molar-refractivity contribution in [2.45, 2.75) is 27.7 Å². The van der Waals surface area contributed by atoms with E-state index in [9.17, 15) is 18.2 Å². The van der Waals surface area contributed by atoms with Gasteiger partial charge in [0.15, 0.2) is 0 Å². The molecule has 9 nitrogen and oxygen atoms in total. The van der Waals surface area contributed by atoms with E-state index >= 15 is 0 Å². The molecule has 0 aliphatic carbocycles. The van der Waals surface area contributed by atoms with Crippen molar-refractivity contribution in [1.82, 2.24) is 15.3 Å². The average Bonchev–Trinajstić information content (AvgIpc) is 3.46. The van der Waals surface area contributed by atoms with Crippen LogP contribution in [0.15, 0.2) is 70.9 Å². The van der Waals surface area contributed by atoms with Crippen LogP contribution in [-0.4, -0.2) is 36.0 Å². The fraction of sp³-hybridized carbons (Fsp3) is 0.167. The number of nitrogen functional groups attached to an aromatic ring is 2. The second-order valence-corrected chi connectivity index (χ2v) is 9.63. The van der Waals surface area contributed by atoms with Crippen LogP contribution >= 0.6 is 0 Å². The second-order valence-electron chi connectivity index (χ2n) is 9.63. The van der Waals surface area contributed by atoms with E-state index in [2.05, 4.69) is 16.8 Å². The number of aryl methyl sites for hydroxylation is 2. The molecule has 1 aliphatic rings. The maximum Gasteiger partial charge on any atom is 0.677 e. The molecule has 1 aromatic heterocycles. The van der Waals surface area contributed by atoms with Crippen molar-refractivity contribution in [2.75, 3.05) is 6.61 Å². The molecule has 0 fully saturated rings. The Kier molecular flexibility index (Phi) is 9.05. The van der Waals surface area contributed by atoms with E-state index in [1.807, 2.05) is 49.8 Å². The normalized spacial score (nSPS) is 13.4. The summed E-state index contributed by atoms with van der Waals surface area (Å²) in [5, 5.41) is 0. The van der Waals surface area contributed by atoms with E-state index in [0.717, 1.165) is 26.9 Å². The highest BCUT2D eigenvalue weighted by atomic mass is 19.2. The first-order valence-corrected chi connectivity index (χ1v) is 12.9. The van der Waals surface area contributed by atoms with Gasteiger partial charge in [-0.05, 0) is 86.9 Å². The highest BCUT2D eigenvalue weighted by molar-refractivity contribution is 6.41. The summed E-state index contributed by atoms with van der Waals surface area (Å²) in [5.41, 5.74) is 10.2. The van der Waals surface area contributed by atoms with Gasteiger partial charge < -0.3 is 9.21 Å². The third kappa shape index (κ3) is 6.33. The lowest BCUT2D eigenvalue weighted by atomic mass is 9.94. The lowest BCUT2D eigenvalue weighted by Crippen LogP contribution is -2.32. The van der Waals surface area contributed by atoms with Crippen molar-refractivity contribution in [3.8, 4) is 17.6 Å². The minimum atomic E-state index is -2.71. The number of carbonyl (C=O) groups is 2. The van der Waals surface area contributed by atoms with Gasteiger partial charge >= 0.3 is 7.40 Å². The Labute approximate surface area is 242 Å². The molecule has 0 saturated heterocycles. The number of allylic oxidation sites excluding steroid dienone is 2. The maximum absolute atomic E-state index is 14.2. The fourth-order valence-electron chi connectivity index (χ4n) is 4.79. The first-order valence-electron chi connectivity index (χ1n) is 12.9. The number of hydrogen-bond acceptors (Lipinski definition) is 6. The van der Waals surface area contributed by atoms with Crippen LogP contribution in [0.5, 0.6) is 5.75 Å². The van der Waals surface area contributed by atoms with E-state index < -0.39 is 19.2 Å². The van der Waals surface area contributed by atoms with Crippen LogP contribution in [-0.2, 0) is 0 Å². The number of hydrogen-bond donors (Lipinski definition) is 4. The van der Waals surface area contributed by atoms with E-state index in [4.69, 9.17) is 16.4 Å². The minimum Gasteiger partial charge on any atom is -0.481 e. The van der Waals surface area contributed by atoms with Crippen LogP contribution in [0.1, 0.15) is 62.6 Å². The molecule has 0 atom stereocenters. The zero-order chi connectivity index (χ0) is 30.6. The fourth-order valence-corrected chi connectivity index (χ4v) is 4.79. The predicted molar refractivity (Wildman–Crippen MR) is 159 cm³/mol. The summed E-state index contributed by atoms with van der Waals surface area (Å²) in [6.45, 7) is 7.21. The monoisotopic (exact) mass is 570 g/mol. The molecule has 0 saturated carbocycles. The summed E-state index contributed by atoms with van der Waals surface area (Å²) >= 11 is 0. The van der Waals surface area contributed by atoms with Gasteiger partial charge in [-0.25, -0.2) is 11.7 Å². The molecule has 12 heteroatoms. The lowest BCUT2D eigenvalue weighted by molar-refractivity contribution is 0.0953. The van der Waals surface area contributed by atoms with Gasteiger partial charge in [-0.1, -0.05) is 24.0 Å². The highest BCUT2D eigenvalue weighted by Gasteiger charge is 2.29. The van der Waals surface area contributed by atoms with Crippen molar-refractivity contribution in [3.05, 3.63) is 105 Å². The number of halogens is 2. The first-order chi connectivity index (χ1) is 20.0. The van der Waals surface area contributed by atoms with Gasteiger partial charge in [-0.3, -0.25) is 34.1 Å². The molecule has 4 rings (SSSR count). The Morgan fingerprint density at radius 3 is 2.10 bits per heavy atom. The molecule has 0 spiro atoms. The van der Waals surface area contributed by atoms with E-state index in [1.165, 1.54) is 18.2 Å². The highest BCUT2D eigenvalue weighted by Crippen LogP contribution is 2.37. The van der Waals surface area contributed by atoms with Crippen molar-refractivity contribution in [2.24, 2.45) is 16.7 Å². The number of ether oxygens (including phenoxy) is 1. The van der Waals surface area contributed by atoms with Crippen molar-refractivity contribution >= 4 is 30.5 Å². The van der Waals surface area contributed by atoms with E-state index in [1.54, 1.807) is 25.1 Å². The Hall–Kier alpha value is -4.99. The Morgan fingerprint density at radius 1 is 0.952 bits per heavy atom. The molecule has 2 aromatic carbocycles. The number of amides is 2. The number of hydrazine groups is 2. The zero-order valence-corrected chi connectivity index (χ0v) is 23.5. The second kappa shape index (κ2) is 12.7. The predicted octanol–water partition coefficient (Wildman–Crippen LogP) is 3.69. The van der Waals surface area contributed by atoms with Crippen LogP contribution < -0.4 is 27.3 Å². The average molecular weight is 570 g/mol. The van der Waals surface area contributed by atoms with Crippen LogP contribution in [0, 0.1) is 25.7 Å². The van der Waals surface area contributed by atoms with Gasteiger partial charge in [0.2, 0.25) is 0 Å². The number of aromatic nitrogens is 1. The maximum atomic E-state index is 14.2. The Morgan fingerprint density at radius 2 is 1.57 bits per heavy atom. The summed E-state index contributed by atoms with van der Waals surface area (Å²) < 4.78 is 35.0. The molecular formula is C30H29BF2N6O3.